The molecule has 0 aliphatic heterocycles. The highest BCUT2D eigenvalue weighted by Crippen LogP contribution is 2.21. The van der Waals surface area contributed by atoms with Gasteiger partial charge in [0.1, 0.15) is 12.3 Å². The zero-order chi connectivity index (χ0) is 20.1. The summed E-state index contributed by atoms with van der Waals surface area (Å²) in [6.07, 6.45) is 4.31. The summed E-state index contributed by atoms with van der Waals surface area (Å²) in [5.74, 6) is 0. The number of aldehydes is 1. The summed E-state index contributed by atoms with van der Waals surface area (Å²) < 4.78 is 3.86. The number of aliphatic imine (C=N–C) groups is 1. The molecule has 0 radical (unpaired) electrons. The van der Waals surface area contributed by atoms with Gasteiger partial charge in [-0.25, -0.2) is 0 Å². The molecule has 0 saturated carbocycles. The second-order valence-corrected chi connectivity index (χ2v) is 5.82. The quantitative estimate of drug-likeness (QED) is 0.569. The highest BCUT2D eigenvalue weighted by Gasteiger charge is 2.15. The average Bonchev–Trinajstić information content (AvgIpc) is 2.72. The van der Waals surface area contributed by atoms with Gasteiger partial charge in [-0.2, -0.15) is 0 Å². The van der Waals surface area contributed by atoms with E-state index in [9.17, 15) is 4.79 Å². The molecule has 0 aliphatic rings. The van der Waals surface area contributed by atoms with Crippen LogP contribution in [0.15, 0.2) is 47.6 Å². The molecule has 2 aromatic rings. The van der Waals surface area contributed by atoms with Crippen molar-refractivity contribution in [2.45, 2.75) is 32.7 Å². The second kappa shape index (κ2) is 12.4. The Bertz CT molecular complexity index is 746. The fraction of sp³-hybridized carbons (Fsp3) is 0.333. The molecule has 0 spiro atoms. The lowest BCUT2D eigenvalue weighted by Gasteiger charge is -2.14. The maximum Gasteiger partial charge on any atom is 0.292 e. The molecule has 6 nitrogen and oxygen atoms in total. The molecule has 2 rings (SSSR count). The standard InChI is InChI=1S/C19H23N3O.C2H4O2/c1-4-7-15(13-23)22-19(18-8-5-6-11-21-18)16-12-14(2)9-10-17(16)20-3;1-4-2-3/h5-6,8-13,15,20H,4,7H2,1-3H3;2H,1H3/t15-;/m0./s1. The molecule has 6 heteroatoms. The molecular formula is C21H27N3O3. The van der Waals surface area contributed by atoms with Gasteiger partial charge in [0.2, 0.25) is 0 Å². The smallest absolute Gasteiger partial charge is 0.292 e. The third-order valence-corrected chi connectivity index (χ3v) is 3.74. The summed E-state index contributed by atoms with van der Waals surface area (Å²) in [5, 5.41) is 3.20. The van der Waals surface area contributed by atoms with Crippen LogP contribution in [0, 0.1) is 6.92 Å². The minimum absolute atomic E-state index is 0.345. The van der Waals surface area contributed by atoms with Crippen LogP contribution in [0.25, 0.3) is 0 Å². The number of anilines is 1. The first kappa shape index (κ1) is 22.0. The van der Waals surface area contributed by atoms with Crippen LogP contribution >= 0.6 is 0 Å². The van der Waals surface area contributed by atoms with Crippen molar-refractivity contribution >= 4 is 24.2 Å². The van der Waals surface area contributed by atoms with Crippen LogP contribution in [0.1, 0.15) is 36.6 Å². The number of benzene rings is 1. The average molecular weight is 369 g/mol. The molecule has 0 unspecified atom stereocenters. The Hall–Kier alpha value is -3.02. The van der Waals surface area contributed by atoms with Crippen LogP contribution in [-0.4, -0.2) is 43.7 Å². The van der Waals surface area contributed by atoms with Gasteiger partial charge in [0.15, 0.2) is 0 Å². The molecule has 1 aromatic heterocycles. The number of aryl methyl sites for hydroxylation is 1. The topological polar surface area (TPSA) is 80.7 Å². The third-order valence-electron chi connectivity index (χ3n) is 3.74. The highest BCUT2D eigenvalue weighted by molar-refractivity contribution is 6.15. The predicted molar refractivity (Wildman–Crippen MR) is 108 cm³/mol. The summed E-state index contributed by atoms with van der Waals surface area (Å²) in [6, 6.07) is 11.5. The number of rotatable bonds is 8. The Morgan fingerprint density at radius 1 is 1.30 bits per heavy atom. The largest absolute Gasteiger partial charge is 0.471 e. The number of hydrogen-bond acceptors (Lipinski definition) is 6. The number of carbonyl (C=O) groups excluding carboxylic acids is 2. The van der Waals surface area contributed by atoms with Crippen molar-refractivity contribution in [1.82, 2.24) is 4.98 Å². The molecule has 144 valence electrons. The van der Waals surface area contributed by atoms with Gasteiger partial charge >= 0.3 is 0 Å². The van der Waals surface area contributed by atoms with E-state index in [1.807, 2.05) is 38.2 Å². The molecule has 1 N–H and O–H groups in total. The van der Waals surface area contributed by atoms with E-state index in [1.165, 1.54) is 7.11 Å². The lowest BCUT2D eigenvalue weighted by molar-refractivity contribution is -0.126. The van der Waals surface area contributed by atoms with E-state index >= 15 is 0 Å². The van der Waals surface area contributed by atoms with Gasteiger partial charge in [-0.05, 0) is 37.6 Å². The van der Waals surface area contributed by atoms with Crippen LogP contribution < -0.4 is 5.32 Å². The second-order valence-electron chi connectivity index (χ2n) is 5.82. The van der Waals surface area contributed by atoms with Gasteiger partial charge in [-0.3, -0.25) is 14.8 Å². The maximum absolute atomic E-state index is 11.4. The van der Waals surface area contributed by atoms with Gasteiger partial charge in [-0.15, -0.1) is 0 Å². The molecule has 1 heterocycles. The SMILES string of the molecule is CCC[C@@H](C=O)N=C(c1ccccn1)c1cc(C)ccc1NC.COC=O. The Morgan fingerprint density at radius 2 is 2.04 bits per heavy atom. The van der Waals surface area contributed by atoms with Crippen LogP contribution in [0.4, 0.5) is 5.69 Å². The zero-order valence-electron chi connectivity index (χ0n) is 16.3. The van der Waals surface area contributed by atoms with E-state index in [-0.39, 0.29) is 6.04 Å². The number of nitrogens with one attached hydrogen (secondary N) is 1. The minimum Gasteiger partial charge on any atom is -0.471 e. The molecule has 1 aromatic carbocycles. The summed E-state index contributed by atoms with van der Waals surface area (Å²) in [4.78, 5) is 29.5. The Kier molecular flexibility index (Phi) is 10.1. The van der Waals surface area contributed by atoms with E-state index in [0.717, 1.165) is 47.3 Å². The fourth-order valence-corrected chi connectivity index (χ4v) is 2.47. The van der Waals surface area contributed by atoms with Crippen LogP contribution in [0.3, 0.4) is 0 Å². The van der Waals surface area contributed by atoms with Crippen molar-refractivity contribution in [2.75, 3.05) is 19.5 Å². The summed E-state index contributed by atoms with van der Waals surface area (Å²) >= 11 is 0. The molecule has 0 saturated heterocycles. The molecule has 0 bridgehead atoms. The van der Waals surface area contributed by atoms with Gasteiger partial charge < -0.3 is 14.8 Å². The number of pyridine rings is 1. The monoisotopic (exact) mass is 369 g/mol. The first-order valence-electron chi connectivity index (χ1n) is 8.80. The molecule has 27 heavy (non-hydrogen) atoms. The Labute approximate surface area is 160 Å². The lowest BCUT2D eigenvalue weighted by atomic mass is 10.0. The van der Waals surface area contributed by atoms with Gasteiger partial charge in [0.25, 0.3) is 6.47 Å². The predicted octanol–water partition coefficient (Wildman–Crippen LogP) is 3.43. The van der Waals surface area contributed by atoms with E-state index in [4.69, 9.17) is 9.79 Å². The Morgan fingerprint density at radius 3 is 2.56 bits per heavy atom. The van der Waals surface area contributed by atoms with E-state index < -0.39 is 0 Å². The summed E-state index contributed by atoms with van der Waals surface area (Å²) in [6.45, 7) is 4.47. The van der Waals surface area contributed by atoms with Crippen molar-refractivity contribution in [3.05, 3.63) is 59.4 Å². The molecule has 0 amide bonds. The molecular weight excluding hydrogens is 342 g/mol. The fourth-order valence-electron chi connectivity index (χ4n) is 2.47. The van der Waals surface area contributed by atoms with Crippen molar-refractivity contribution in [2.24, 2.45) is 4.99 Å². The van der Waals surface area contributed by atoms with Crippen molar-refractivity contribution in [1.29, 1.82) is 0 Å². The van der Waals surface area contributed by atoms with Gasteiger partial charge in [0, 0.05) is 24.5 Å². The zero-order valence-corrected chi connectivity index (χ0v) is 16.3. The number of ether oxygens (including phenoxy) is 1. The van der Waals surface area contributed by atoms with E-state index in [1.54, 1.807) is 6.20 Å². The van der Waals surface area contributed by atoms with Crippen molar-refractivity contribution < 1.29 is 14.3 Å². The number of aromatic nitrogens is 1. The normalized spacial score (nSPS) is 11.6. The number of nitrogens with zero attached hydrogens (tertiary/aromatic N) is 2. The van der Waals surface area contributed by atoms with Crippen molar-refractivity contribution in [3.8, 4) is 0 Å². The van der Waals surface area contributed by atoms with Crippen LogP contribution in [0.2, 0.25) is 0 Å². The highest BCUT2D eigenvalue weighted by atomic mass is 16.5. The number of methoxy groups -OCH3 is 1. The Balaban J connectivity index is 0.000000828. The number of hydrogen-bond donors (Lipinski definition) is 1. The molecule has 0 fully saturated rings. The first-order valence-corrected chi connectivity index (χ1v) is 8.80. The van der Waals surface area contributed by atoms with Crippen LogP contribution in [0.5, 0.6) is 0 Å². The summed E-state index contributed by atoms with van der Waals surface area (Å²) in [7, 11) is 3.19. The van der Waals surface area contributed by atoms with E-state index in [2.05, 4.69) is 34.1 Å². The third kappa shape index (κ3) is 7.01. The van der Waals surface area contributed by atoms with Gasteiger partial charge in [0.05, 0.1) is 18.5 Å². The van der Waals surface area contributed by atoms with Crippen molar-refractivity contribution in [3.63, 3.8) is 0 Å². The van der Waals surface area contributed by atoms with Gasteiger partial charge in [-0.1, -0.05) is 31.0 Å². The minimum atomic E-state index is -0.345. The van der Waals surface area contributed by atoms with E-state index in [0.29, 0.717) is 6.47 Å². The summed E-state index contributed by atoms with van der Waals surface area (Å²) in [5.41, 5.74) is 4.61. The lowest BCUT2D eigenvalue weighted by Crippen LogP contribution is -2.15. The first-order chi connectivity index (χ1) is 13.1. The number of carbonyl (C=O) groups is 2. The van der Waals surface area contributed by atoms with Crippen LogP contribution in [-0.2, 0) is 14.3 Å². The molecule has 1 atom stereocenters. The maximum atomic E-state index is 11.4. The molecule has 0 aliphatic carbocycles.